The minimum absolute atomic E-state index is 0.0293. The van der Waals surface area contributed by atoms with Crippen LogP contribution in [-0.2, 0) is 5.41 Å². The van der Waals surface area contributed by atoms with Crippen LogP contribution in [0.3, 0.4) is 0 Å². The number of anilines is 3. The molecule has 0 radical (unpaired) electrons. The molecule has 3 heteroatoms. The number of hydrogen-bond acceptors (Lipinski definition) is 1. The predicted octanol–water partition coefficient (Wildman–Crippen LogP) is 12.0. The van der Waals surface area contributed by atoms with Crippen molar-refractivity contribution in [3.8, 4) is 11.4 Å². The first-order valence-corrected chi connectivity index (χ1v) is 16.4. The lowest BCUT2D eigenvalue weighted by Gasteiger charge is -2.42. The quantitative estimate of drug-likeness (QED) is 0.192. The molecule has 0 aliphatic carbocycles. The number of fused-ring (bicyclic) bond motifs is 9. The largest absolute Gasteiger partial charge is 0.310 e. The van der Waals surface area contributed by atoms with E-state index in [-0.39, 0.29) is 41.0 Å². The number of para-hydroxylation sites is 5. The third kappa shape index (κ3) is 3.64. The Kier molecular flexibility index (Phi) is 4.84. The van der Waals surface area contributed by atoms with Gasteiger partial charge in [0.1, 0.15) is 0 Å². The zero-order chi connectivity index (χ0) is 35.5. The molecule has 3 nitrogen and oxygen atoms in total. The molecule has 7 aromatic carbocycles. The minimum Gasteiger partial charge on any atom is -0.310 e. The summed E-state index contributed by atoms with van der Waals surface area (Å²) in [5.74, 6) is 0. The second-order valence-corrected chi connectivity index (χ2v) is 13.1. The molecule has 0 amide bonds. The summed E-state index contributed by atoms with van der Waals surface area (Å²) in [6.45, 7) is 4.40. The molecule has 3 heterocycles. The van der Waals surface area contributed by atoms with Crippen LogP contribution in [0.15, 0.2) is 164 Å². The van der Waals surface area contributed by atoms with Crippen molar-refractivity contribution in [2.45, 2.75) is 19.3 Å². The zero-order valence-electron chi connectivity index (χ0n) is 30.6. The van der Waals surface area contributed by atoms with Gasteiger partial charge in [-0.25, -0.2) is 0 Å². The van der Waals surface area contributed by atoms with Crippen molar-refractivity contribution in [1.29, 1.82) is 0 Å². The van der Waals surface area contributed by atoms with Crippen molar-refractivity contribution in [1.82, 2.24) is 9.13 Å². The molecule has 228 valence electrons. The Bertz CT molecular complexity index is 2890. The fourth-order valence-corrected chi connectivity index (χ4v) is 8.05. The van der Waals surface area contributed by atoms with Crippen molar-refractivity contribution in [3.63, 3.8) is 0 Å². The zero-order valence-corrected chi connectivity index (χ0v) is 26.6. The highest BCUT2D eigenvalue weighted by atomic mass is 15.2. The number of benzene rings is 7. The molecule has 0 saturated carbocycles. The van der Waals surface area contributed by atoms with Gasteiger partial charge in [-0.15, -0.1) is 0 Å². The van der Waals surface area contributed by atoms with Crippen molar-refractivity contribution >= 4 is 60.7 Å². The monoisotopic (exact) mass is 619 g/mol. The minimum atomic E-state index is -0.328. The maximum Gasteiger partial charge on any atom is 0.0667 e. The molecule has 0 N–H and O–H groups in total. The summed E-state index contributed by atoms with van der Waals surface area (Å²) in [7, 11) is 0. The Morgan fingerprint density at radius 3 is 1.79 bits per heavy atom. The predicted molar refractivity (Wildman–Crippen MR) is 202 cm³/mol. The molecular weight excluding hydrogens is 583 g/mol. The van der Waals surface area contributed by atoms with Crippen LogP contribution in [0.2, 0.25) is 0 Å². The lowest BCUT2D eigenvalue weighted by molar-refractivity contribution is 0.632. The first kappa shape index (κ1) is 23.3. The van der Waals surface area contributed by atoms with Crippen LogP contribution in [0.25, 0.3) is 55.0 Å². The molecule has 2 aromatic heterocycles. The lowest BCUT2D eigenvalue weighted by atomic mass is 9.73. The SMILES string of the molecule is [2H]c1c([2H])c(N2c3ccccc3C(C)(C)c3ccccc32)c([2H])c(-n2c3ccccc3c3c2ccc2c4ccccc4n(-c4ccccc4)c23)c1[2H]. The number of nitrogens with zero attached hydrogens (tertiary/aromatic N) is 3. The maximum atomic E-state index is 10.0. The highest BCUT2D eigenvalue weighted by Crippen LogP contribution is 2.52. The summed E-state index contributed by atoms with van der Waals surface area (Å²) >= 11 is 0. The number of hydrogen-bond donors (Lipinski definition) is 0. The summed E-state index contributed by atoms with van der Waals surface area (Å²) in [6, 6.07) is 47.0. The molecule has 0 unspecified atom stereocenters. The number of aromatic nitrogens is 2. The van der Waals surface area contributed by atoms with Gasteiger partial charge in [0.05, 0.1) is 38.9 Å². The van der Waals surface area contributed by atoms with Gasteiger partial charge < -0.3 is 14.0 Å². The highest BCUT2D eigenvalue weighted by Gasteiger charge is 2.36. The second-order valence-electron chi connectivity index (χ2n) is 13.1. The average molecular weight is 620 g/mol. The van der Waals surface area contributed by atoms with Crippen LogP contribution in [0.1, 0.15) is 30.5 Å². The van der Waals surface area contributed by atoms with Gasteiger partial charge in [-0.1, -0.05) is 117 Å². The standard InChI is InChI=1S/C45H33N3/c1-45(2)36-21-8-12-25-40(36)47(41-26-13-9-22-37(41)45)32-18-14-17-31(29-32)46-39-24-11-7-20-35(39)43-42(46)28-27-34-33-19-6-10-23-38(33)48(44(34)43)30-15-4-3-5-16-30/h3-29H,1-2H3/i14D,17D,18D,29D. The Morgan fingerprint density at radius 1 is 0.479 bits per heavy atom. The Balaban J connectivity index is 1.35. The first-order chi connectivity index (χ1) is 25.3. The van der Waals surface area contributed by atoms with Crippen molar-refractivity contribution in [3.05, 3.63) is 175 Å². The summed E-state index contributed by atoms with van der Waals surface area (Å²) in [6.07, 6.45) is 0. The molecule has 0 spiro atoms. The third-order valence-corrected chi connectivity index (χ3v) is 10.2. The van der Waals surface area contributed by atoms with Crippen LogP contribution in [-0.4, -0.2) is 9.13 Å². The summed E-state index contributed by atoms with van der Waals surface area (Å²) in [5.41, 5.74) is 8.97. The van der Waals surface area contributed by atoms with Crippen LogP contribution < -0.4 is 4.90 Å². The van der Waals surface area contributed by atoms with Gasteiger partial charge in [0.2, 0.25) is 0 Å². The van der Waals surface area contributed by atoms with Crippen LogP contribution >= 0.6 is 0 Å². The fraction of sp³-hybridized carbons (Fsp3) is 0.0667. The van der Waals surface area contributed by atoms with Crippen LogP contribution in [0, 0.1) is 0 Å². The Labute approximate surface area is 285 Å². The van der Waals surface area contributed by atoms with E-state index in [9.17, 15) is 5.48 Å². The molecule has 0 saturated heterocycles. The van der Waals surface area contributed by atoms with Gasteiger partial charge in [0.25, 0.3) is 0 Å². The van der Waals surface area contributed by atoms with Gasteiger partial charge in [-0.3, -0.25) is 0 Å². The Morgan fingerprint density at radius 2 is 1.06 bits per heavy atom. The summed E-state index contributed by atoms with van der Waals surface area (Å²) < 4.78 is 42.3. The topological polar surface area (TPSA) is 13.1 Å². The van der Waals surface area contributed by atoms with Crippen molar-refractivity contribution in [2.24, 2.45) is 0 Å². The fourth-order valence-electron chi connectivity index (χ4n) is 8.05. The van der Waals surface area contributed by atoms with E-state index in [1.165, 1.54) is 0 Å². The maximum absolute atomic E-state index is 10.0. The van der Waals surface area contributed by atoms with E-state index >= 15 is 0 Å². The molecule has 0 fully saturated rings. The van der Waals surface area contributed by atoms with Crippen molar-refractivity contribution in [2.75, 3.05) is 4.90 Å². The summed E-state index contributed by atoms with van der Waals surface area (Å²) in [5, 5.41) is 4.24. The molecule has 0 atom stereocenters. The molecular formula is C45H33N3. The third-order valence-electron chi connectivity index (χ3n) is 10.2. The molecule has 48 heavy (non-hydrogen) atoms. The van der Waals surface area contributed by atoms with Gasteiger partial charge in [-0.2, -0.15) is 0 Å². The molecule has 10 rings (SSSR count). The first-order valence-electron chi connectivity index (χ1n) is 18.4. The number of rotatable bonds is 3. The lowest BCUT2D eigenvalue weighted by Crippen LogP contribution is -2.30. The van der Waals surface area contributed by atoms with Crippen LogP contribution in [0.4, 0.5) is 17.1 Å². The molecule has 1 aliphatic heterocycles. The van der Waals surface area contributed by atoms with Gasteiger partial charge in [0.15, 0.2) is 0 Å². The van der Waals surface area contributed by atoms with Gasteiger partial charge in [0, 0.05) is 44.0 Å². The average Bonchev–Trinajstić information content (AvgIpc) is 3.69. The molecule has 0 bridgehead atoms. The highest BCUT2D eigenvalue weighted by molar-refractivity contribution is 6.26. The summed E-state index contributed by atoms with van der Waals surface area (Å²) in [4.78, 5) is 1.97. The smallest absolute Gasteiger partial charge is 0.0667 e. The normalized spacial score (nSPS) is 14.9. The van der Waals surface area contributed by atoms with E-state index in [0.717, 1.165) is 71.8 Å². The van der Waals surface area contributed by atoms with E-state index in [1.807, 2.05) is 70.1 Å². The second kappa shape index (κ2) is 9.97. The molecule has 1 aliphatic rings. The van der Waals surface area contributed by atoms with E-state index in [4.69, 9.17) is 0 Å². The van der Waals surface area contributed by atoms with E-state index in [0.29, 0.717) is 0 Å². The van der Waals surface area contributed by atoms with Gasteiger partial charge >= 0.3 is 0 Å². The molecule has 9 aromatic rings. The Hall–Kier alpha value is -6.06. The van der Waals surface area contributed by atoms with Crippen molar-refractivity contribution < 1.29 is 5.48 Å². The van der Waals surface area contributed by atoms with E-state index < -0.39 is 0 Å². The van der Waals surface area contributed by atoms with Crippen LogP contribution in [0.5, 0.6) is 0 Å². The van der Waals surface area contributed by atoms with Gasteiger partial charge in [-0.05, 0) is 71.7 Å². The van der Waals surface area contributed by atoms with E-state index in [2.05, 4.69) is 97.3 Å². The van der Waals surface area contributed by atoms with E-state index in [1.54, 1.807) is 0 Å².